The van der Waals surface area contributed by atoms with Crippen LogP contribution in [0.2, 0.25) is 0 Å². The van der Waals surface area contributed by atoms with Gasteiger partial charge in [-0.25, -0.2) is 4.79 Å². The van der Waals surface area contributed by atoms with Crippen LogP contribution >= 0.6 is 13.8 Å². The van der Waals surface area contributed by atoms with Gasteiger partial charge < -0.3 is 55.9 Å². The number of carbonyl (C=O) groups excluding carboxylic acids is 2. The standard InChI is InChI=1S/C35H45N4O7P.C20H35N4O5P/c1-22(33(42)46-35(43)44-21-27-25-14-7-5-12-23(25)24-13-6-8-15-26(24)27)11-9-10-18-37-34-38-29(36)16-19-39(34)32-31(41)30(40)28(45-32)17-20-47(2,3)4;1-13(19(27)28)7-5-6-10-22-20-23-15(21)8-11-24(20)18-17(26)16(25)14(29-18)9-12-30(2,3)4/h5-8,12-16,19,22,27-28,30-32,40-41H,2,9-11,17-18,20-21H2,1,3-4H3,(H2,36,37,38);8,11,13-14,16-18,25-26H,2,5-7,9-10,12H2,1,3-4H3,(H,27,28)(H2,21,22,23)/t22?,28-,30-,31-,32?;13?,14-,16-,17-,18?/m11/s1. The average Bonchev–Trinajstić information content (AvgIpc) is 3.99. The molecule has 0 saturated carbocycles. The van der Waals surface area contributed by atoms with E-state index in [4.69, 9.17) is 35.5 Å². The summed E-state index contributed by atoms with van der Waals surface area (Å²) in [5, 5.41) is 51.4. The minimum absolute atomic E-state index is 0.0756. The van der Waals surface area contributed by atoms with Crippen molar-refractivity contribution in [2.24, 2.45) is 21.8 Å². The van der Waals surface area contributed by atoms with Gasteiger partial charge in [0.1, 0.15) is 42.7 Å². The lowest BCUT2D eigenvalue weighted by molar-refractivity contribution is -0.144. The number of aromatic nitrogens is 4. The molecule has 2 aliphatic heterocycles. The summed E-state index contributed by atoms with van der Waals surface area (Å²) >= 11 is 0. The first-order valence-electron chi connectivity index (χ1n) is 26.3. The van der Waals surface area contributed by atoms with Crippen LogP contribution < -0.4 is 22.7 Å². The zero-order chi connectivity index (χ0) is 56.2. The molecular weight excluding hydrogens is 1030 g/mol. The number of carbonyl (C=O) groups is 3. The van der Waals surface area contributed by atoms with E-state index in [2.05, 4.69) is 71.3 Å². The van der Waals surface area contributed by atoms with Crippen LogP contribution in [0.3, 0.4) is 0 Å². The number of carboxylic acid groups (broad SMARTS) is 1. The number of nitrogens with zero attached hydrogens (tertiary/aromatic N) is 6. The van der Waals surface area contributed by atoms with Crippen molar-refractivity contribution < 1.29 is 58.9 Å². The van der Waals surface area contributed by atoms with Crippen molar-refractivity contribution in [3.8, 4) is 11.1 Å². The lowest BCUT2D eigenvalue weighted by Gasteiger charge is -2.19. The number of aliphatic hydroxyl groups is 4. The molecule has 20 nitrogen and oxygen atoms in total. The Morgan fingerprint density at radius 2 is 1.10 bits per heavy atom. The summed E-state index contributed by atoms with van der Waals surface area (Å²) in [6, 6.07) is 19.2. The van der Waals surface area contributed by atoms with Crippen LogP contribution in [0.5, 0.6) is 0 Å². The Hall–Kier alpha value is -5.43. The predicted molar refractivity (Wildman–Crippen MR) is 302 cm³/mol. The van der Waals surface area contributed by atoms with E-state index in [1.807, 2.05) is 36.4 Å². The summed E-state index contributed by atoms with van der Waals surface area (Å²) in [5.74, 6) is -1.91. The maximum atomic E-state index is 12.6. The van der Waals surface area contributed by atoms with Gasteiger partial charge in [0.2, 0.25) is 11.2 Å². The van der Waals surface area contributed by atoms with Crippen LogP contribution in [0.1, 0.15) is 94.7 Å². The number of carboxylic acids is 1. The minimum atomic E-state index is -1.32. The fourth-order valence-corrected chi connectivity index (χ4v) is 11.3. The Labute approximate surface area is 451 Å². The maximum absolute atomic E-state index is 12.6. The minimum Gasteiger partial charge on any atom is -0.481 e. The Morgan fingerprint density at radius 1 is 0.675 bits per heavy atom. The van der Waals surface area contributed by atoms with Gasteiger partial charge in [-0.1, -0.05) is 75.2 Å². The Morgan fingerprint density at radius 3 is 1.53 bits per heavy atom. The van der Waals surface area contributed by atoms with Crippen molar-refractivity contribution in [2.75, 3.05) is 70.1 Å². The fourth-order valence-electron chi connectivity index (χ4n) is 9.37. The van der Waals surface area contributed by atoms with Gasteiger partial charge in [0.05, 0.1) is 24.0 Å². The number of rotatable bonds is 22. The number of anilines is 2. The van der Waals surface area contributed by atoms with Crippen molar-refractivity contribution >= 4 is 56.1 Å². The summed E-state index contributed by atoms with van der Waals surface area (Å²) in [6.45, 7) is 10.2. The molecule has 0 spiro atoms. The molecule has 0 bridgehead atoms. The molecule has 2 aromatic carbocycles. The molecule has 0 amide bonds. The number of hydrogen-bond acceptors (Lipinski definition) is 17. The molecule has 7 rings (SSSR count). The van der Waals surface area contributed by atoms with Crippen molar-refractivity contribution in [3.05, 3.63) is 95.4 Å². The first-order chi connectivity index (χ1) is 36.4. The molecule has 3 aliphatic rings. The zero-order valence-corrected chi connectivity index (χ0v) is 47.0. The monoisotopic (exact) mass is 1110 g/mol. The number of nitrogens with two attached hydrogens (primary N) is 2. The molecule has 2 saturated heterocycles. The molecule has 422 valence electrons. The third-order valence-corrected chi connectivity index (χ3v) is 16.9. The van der Waals surface area contributed by atoms with Gasteiger partial charge in [-0.3, -0.25) is 28.7 Å². The molecule has 4 aromatic rings. The summed E-state index contributed by atoms with van der Waals surface area (Å²) in [5.41, 5.74) is 16.7. The largest absolute Gasteiger partial charge is 0.516 e. The number of fused-ring (bicyclic) bond motifs is 3. The molecule has 4 unspecified atom stereocenters. The molecular formula is C55H80N8O12P2. The van der Waals surface area contributed by atoms with Crippen molar-refractivity contribution in [1.29, 1.82) is 0 Å². The van der Waals surface area contributed by atoms with Gasteiger partial charge in [0, 0.05) is 31.4 Å². The highest BCUT2D eigenvalue weighted by Crippen LogP contribution is 2.45. The van der Waals surface area contributed by atoms with E-state index in [0.29, 0.717) is 63.7 Å². The van der Waals surface area contributed by atoms with Gasteiger partial charge in [0.25, 0.3) is 0 Å². The van der Waals surface area contributed by atoms with E-state index in [0.717, 1.165) is 41.0 Å². The SMILES string of the molecule is C=P(C)(C)CC[C@H]1OC(n2ccc(N)nc2=NCCCCC(C)C(=O)O)[C@H](O)[C@@H]1O.C=P(C)(C)CC[C@H]1OC(n2ccc(N)nc2=NCCCCC(C)C(=O)OC(=O)OCC2c3ccccc3-c3ccccc32)[C@H](O)[C@@H]1O. The average molecular weight is 1110 g/mol. The first-order valence-corrected chi connectivity index (χ1v) is 32.4. The van der Waals surface area contributed by atoms with Gasteiger partial charge in [-0.05, 0) is 112 Å². The molecule has 1 aliphatic carbocycles. The summed E-state index contributed by atoms with van der Waals surface area (Å²) in [6.07, 6.45) is 10.4. The second-order valence-electron chi connectivity index (χ2n) is 21.7. The molecule has 4 heterocycles. The number of esters is 1. The maximum Gasteiger partial charge on any atom is 0.516 e. The smallest absolute Gasteiger partial charge is 0.481 e. The first kappa shape index (κ1) is 60.8. The Kier molecular flexibility index (Phi) is 21.7. The Bertz CT molecular complexity index is 2860. The van der Waals surface area contributed by atoms with E-state index in [-0.39, 0.29) is 35.7 Å². The summed E-state index contributed by atoms with van der Waals surface area (Å²) < 4.78 is 25.6. The highest BCUT2D eigenvalue weighted by Gasteiger charge is 2.45. The number of hydrogen-bond donors (Lipinski definition) is 7. The van der Waals surface area contributed by atoms with Crippen LogP contribution in [-0.2, 0) is 28.5 Å². The van der Waals surface area contributed by atoms with Gasteiger partial charge in [-0.15, -0.1) is 26.4 Å². The van der Waals surface area contributed by atoms with Crippen LogP contribution in [0.25, 0.3) is 11.1 Å². The van der Waals surface area contributed by atoms with Crippen molar-refractivity contribution in [2.45, 2.75) is 120 Å². The predicted octanol–water partition coefficient (Wildman–Crippen LogP) is 5.36. The van der Waals surface area contributed by atoms with E-state index in [1.54, 1.807) is 47.5 Å². The molecule has 9 N–H and O–H groups in total. The van der Waals surface area contributed by atoms with Gasteiger partial charge in [-0.2, -0.15) is 9.97 Å². The molecule has 77 heavy (non-hydrogen) atoms. The van der Waals surface area contributed by atoms with Crippen LogP contribution in [0.4, 0.5) is 16.4 Å². The third kappa shape index (κ3) is 17.0. The van der Waals surface area contributed by atoms with Crippen LogP contribution in [0, 0.1) is 11.8 Å². The van der Waals surface area contributed by atoms with Gasteiger partial charge >= 0.3 is 18.1 Å². The van der Waals surface area contributed by atoms with Gasteiger partial charge in [0.15, 0.2) is 12.5 Å². The second-order valence-corrected chi connectivity index (χ2v) is 30.3. The molecule has 10 atom stereocenters. The molecule has 2 aromatic heterocycles. The highest BCUT2D eigenvalue weighted by molar-refractivity contribution is 7.72. The lowest BCUT2D eigenvalue weighted by atomic mass is 9.98. The quantitative estimate of drug-likeness (QED) is 0.0226. The number of unbranched alkanes of at least 4 members (excludes halogenated alkanes) is 2. The zero-order valence-electron chi connectivity index (χ0n) is 45.2. The Balaban J connectivity index is 0.000000276. The number of aliphatic carboxylic acids is 1. The number of aliphatic hydroxyl groups excluding tert-OH is 4. The molecule has 2 fully saturated rings. The van der Waals surface area contributed by atoms with E-state index >= 15 is 0 Å². The normalized spacial score (nSPS) is 23.4. The van der Waals surface area contributed by atoms with E-state index in [1.165, 1.54) is 0 Å². The highest BCUT2D eigenvalue weighted by atomic mass is 31.2. The number of benzene rings is 2. The fraction of sp³-hybridized carbons (Fsp3) is 0.545. The molecule has 0 radical (unpaired) electrons. The number of nitrogen functional groups attached to an aromatic ring is 2. The second kappa shape index (κ2) is 27.4. The topological polar surface area (TPSA) is 302 Å². The van der Waals surface area contributed by atoms with Crippen molar-refractivity contribution in [3.63, 3.8) is 0 Å². The summed E-state index contributed by atoms with van der Waals surface area (Å²) in [4.78, 5) is 53.6. The lowest BCUT2D eigenvalue weighted by Crippen LogP contribution is -2.36. The van der Waals surface area contributed by atoms with E-state index < -0.39 is 86.9 Å². The molecule has 22 heteroatoms. The van der Waals surface area contributed by atoms with E-state index in [9.17, 15) is 34.8 Å². The summed E-state index contributed by atoms with van der Waals surface area (Å²) in [7, 11) is 0. The van der Waals surface area contributed by atoms with Crippen molar-refractivity contribution in [1.82, 2.24) is 19.1 Å². The van der Waals surface area contributed by atoms with Crippen LogP contribution in [0.15, 0.2) is 83.0 Å². The van der Waals surface area contributed by atoms with Crippen LogP contribution in [-0.4, -0.2) is 171 Å². The third-order valence-electron chi connectivity index (χ3n) is 13.9. The number of ether oxygens (including phenoxy) is 4.